The Balaban J connectivity index is 1.72. The molecule has 1 saturated heterocycles. The molecule has 0 aliphatic carbocycles. The molecule has 1 aliphatic rings. The summed E-state index contributed by atoms with van der Waals surface area (Å²) in [6, 6.07) is 4.12. The van der Waals surface area contributed by atoms with Gasteiger partial charge in [-0.25, -0.2) is 17.4 Å². The molecule has 1 fully saturated rings. The van der Waals surface area contributed by atoms with Crippen molar-refractivity contribution >= 4 is 58.8 Å². The summed E-state index contributed by atoms with van der Waals surface area (Å²) in [7, 11) is 0.268. The fourth-order valence-corrected chi connectivity index (χ4v) is 4.92. The molecular weight excluding hydrogens is 439 g/mol. The topological polar surface area (TPSA) is 121 Å². The Hall–Kier alpha value is -1.88. The van der Waals surface area contributed by atoms with E-state index in [1.54, 1.807) is 15.7 Å². The summed E-state index contributed by atoms with van der Waals surface area (Å²) in [5.74, 6) is -0.154. The van der Waals surface area contributed by atoms with Gasteiger partial charge < -0.3 is 10.6 Å². The molecular formula is C14H17B2BrFN5O3S. The van der Waals surface area contributed by atoms with Crippen molar-refractivity contribution in [3.8, 4) is 0 Å². The first-order valence-corrected chi connectivity index (χ1v) is 10.7. The van der Waals surface area contributed by atoms with Crippen LogP contribution in [0, 0.1) is 11.2 Å². The normalized spacial score (nSPS) is 20.7. The van der Waals surface area contributed by atoms with Crippen molar-refractivity contribution in [1.82, 2.24) is 10.3 Å². The smallest absolute Gasteiger partial charge is 0.202 e. The lowest BCUT2D eigenvalue weighted by atomic mass is 9.65. The number of hydrogen-bond donors (Lipinski definition) is 3. The molecule has 13 heteroatoms. The van der Waals surface area contributed by atoms with E-state index in [0.29, 0.717) is 18.5 Å². The minimum atomic E-state index is -3.14. The Labute approximate surface area is 166 Å². The van der Waals surface area contributed by atoms with Gasteiger partial charge in [-0.15, -0.1) is 0 Å². The second-order valence-electron chi connectivity index (χ2n) is 7.00. The highest BCUT2D eigenvalue weighted by molar-refractivity contribution is 9.10. The number of benzene rings is 1. The van der Waals surface area contributed by atoms with Gasteiger partial charge in [-0.2, -0.15) is 0 Å². The number of amidine groups is 1. The fourth-order valence-electron chi connectivity index (χ4n) is 2.94. The predicted octanol–water partition coefficient (Wildman–Crippen LogP) is 0.318. The van der Waals surface area contributed by atoms with Gasteiger partial charge in [0.25, 0.3) is 0 Å². The standard InChI is InChI=1S/C14H17B2BrFN5O3S/c15-14(16)6-8(3-4-27(14,24)25)21-13-11(22-26-23-13)12(19)20-7-1-2-10(18)9(17)5-7/h1-2,5,8H,3-4,6,15-16H2,(H2,19,20)(H,21,23). The number of aromatic nitrogens is 2. The van der Waals surface area contributed by atoms with Crippen LogP contribution in [0.5, 0.6) is 0 Å². The highest BCUT2D eigenvalue weighted by atomic mass is 79.9. The summed E-state index contributed by atoms with van der Waals surface area (Å²) in [6.07, 6.45) is 0.844. The van der Waals surface area contributed by atoms with Crippen molar-refractivity contribution in [3.63, 3.8) is 0 Å². The van der Waals surface area contributed by atoms with Crippen molar-refractivity contribution in [1.29, 1.82) is 5.41 Å². The molecule has 27 heavy (non-hydrogen) atoms. The highest BCUT2D eigenvalue weighted by Gasteiger charge is 2.41. The summed E-state index contributed by atoms with van der Waals surface area (Å²) < 4.78 is 41.8. The fraction of sp³-hybridized carbons (Fsp3) is 0.357. The van der Waals surface area contributed by atoms with Crippen LogP contribution in [0.25, 0.3) is 0 Å². The first-order valence-electron chi connectivity index (χ1n) is 8.21. The summed E-state index contributed by atoms with van der Waals surface area (Å²) in [4.78, 5) is 0. The van der Waals surface area contributed by atoms with Gasteiger partial charge in [0.05, 0.1) is 10.2 Å². The Morgan fingerprint density at radius 3 is 2.81 bits per heavy atom. The molecule has 3 N–H and O–H groups in total. The molecule has 1 unspecified atom stereocenters. The van der Waals surface area contributed by atoms with Crippen LogP contribution < -0.4 is 10.6 Å². The van der Waals surface area contributed by atoms with E-state index in [4.69, 9.17) is 10.0 Å². The van der Waals surface area contributed by atoms with Gasteiger partial charge in [-0.05, 0) is 57.3 Å². The van der Waals surface area contributed by atoms with E-state index < -0.39 is 20.2 Å². The zero-order chi connectivity index (χ0) is 19.8. The van der Waals surface area contributed by atoms with Gasteiger partial charge in [0, 0.05) is 16.3 Å². The van der Waals surface area contributed by atoms with E-state index in [2.05, 4.69) is 36.9 Å². The molecule has 1 atom stereocenters. The van der Waals surface area contributed by atoms with Crippen LogP contribution >= 0.6 is 15.9 Å². The lowest BCUT2D eigenvalue weighted by Gasteiger charge is -2.35. The third-order valence-corrected chi connectivity index (χ3v) is 7.80. The third kappa shape index (κ3) is 4.18. The number of anilines is 2. The number of rotatable bonds is 4. The summed E-state index contributed by atoms with van der Waals surface area (Å²) in [5, 5.41) is 21.7. The van der Waals surface area contributed by atoms with Crippen molar-refractivity contribution in [2.75, 3.05) is 16.4 Å². The minimum Gasteiger partial charge on any atom is -0.362 e. The van der Waals surface area contributed by atoms with Gasteiger partial charge in [-0.1, -0.05) is 0 Å². The summed E-state index contributed by atoms with van der Waals surface area (Å²) in [6.45, 7) is 0. The van der Waals surface area contributed by atoms with Crippen LogP contribution in [-0.4, -0.2) is 56.6 Å². The number of halogens is 2. The first-order chi connectivity index (χ1) is 12.6. The van der Waals surface area contributed by atoms with Crippen molar-refractivity contribution < 1.29 is 17.4 Å². The van der Waals surface area contributed by atoms with Gasteiger partial charge >= 0.3 is 0 Å². The third-order valence-electron chi connectivity index (χ3n) is 4.57. The van der Waals surface area contributed by atoms with Gasteiger partial charge in [0.15, 0.2) is 11.5 Å². The van der Waals surface area contributed by atoms with Crippen LogP contribution in [0.4, 0.5) is 15.9 Å². The highest BCUT2D eigenvalue weighted by Crippen LogP contribution is 2.28. The maximum absolute atomic E-state index is 13.3. The van der Waals surface area contributed by atoms with E-state index in [0.717, 1.165) is 0 Å². The van der Waals surface area contributed by atoms with Crippen LogP contribution in [-0.2, 0) is 9.84 Å². The zero-order valence-corrected chi connectivity index (χ0v) is 17.1. The molecule has 0 amide bonds. The Morgan fingerprint density at radius 2 is 2.15 bits per heavy atom. The van der Waals surface area contributed by atoms with E-state index in [1.165, 1.54) is 18.2 Å². The first kappa shape index (κ1) is 19.9. The summed E-state index contributed by atoms with van der Waals surface area (Å²) >= 11 is 3.09. The Morgan fingerprint density at radius 1 is 1.41 bits per heavy atom. The number of nitrogens with zero attached hydrogens (tertiary/aromatic N) is 2. The molecule has 142 valence electrons. The molecule has 0 radical (unpaired) electrons. The Bertz CT molecular complexity index is 985. The second kappa shape index (κ2) is 7.27. The monoisotopic (exact) mass is 455 g/mol. The molecule has 0 saturated carbocycles. The van der Waals surface area contributed by atoms with Crippen molar-refractivity contribution in [3.05, 3.63) is 34.2 Å². The van der Waals surface area contributed by atoms with Gasteiger partial charge in [0.2, 0.25) is 5.82 Å². The SMILES string of the molecule is BC1(B)CC(Nc2nonc2C(=N)Nc2ccc(F)c(Br)c2)CCS1(=O)=O. The molecule has 1 aromatic heterocycles. The van der Waals surface area contributed by atoms with E-state index >= 15 is 0 Å². The van der Waals surface area contributed by atoms with Crippen LogP contribution in [0.15, 0.2) is 27.3 Å². The van der Waals surface area contributed by atoms with Crippen molar-refractivity contribution in [2.24, 2.45) is 0 Å². The molecule has 0 bridgehead atoms. The largest absolute Gasteiger partial charge is 0.362 e. The Kier molecular flexibility index (Phi) is 5.35. The van der Waals surface area contributed by atoms with E-state index in [-0.39, 0.29) is 33.6 Å². The maximum atomic E-state index is 13.3. The zero-order valence-electron chi connectivity index (χ0n) is 14.7. The molecule has 2 heterocycles. The average Bonchev–Trinajstić information content (AvgIpc) is 3.03. The minimum absolute atomic E-state index is 0.0809. The molecule has 3 rings (SSSR count). The molecule has 2 aromatic rings. The number of nitrogens with one attached hydrogen (secondary N) is 3. The molecule has 0 spiro atoms. The summed E-state index contributed by atoms with van der Waals surface area (Å²) in [5.41, 5.74) is 0.647. The quantitative estimate of drug-likeness (QED) is 0.345. The second-order valence-corrected chi connectivity index (χ2v) is 10.6. The van der Waals surface area contributed by atoms with Crippen molar-refractivity contribution in [2.45, 2.75) is 23.4 Å². The van der Waals surface area contributed by atoms with E-state index in [9.17, 15) is 12.8 Å². The maximum Gasteiger partial charge on any atom is 0.202 e. The molecule has 1 aromatic carbocycles. The lowest BCUT2D eigenvalue weighted by molar-refractivity contribution is 0.307. The average molecular weight is 456 g/mol. The van der Waals surface area contributed by atoms with Crippen LogP contribution in [0.1, 0.15) is 18.5 Å². The van der Waals surface area contributed by atoms with Gasteiger partial charge in [0.1, 0.15) is 31.3 Å². The van der Waals surface area contributed by atoms with Gasteiger partial charge in [-0.3, -0.25) is 5.41 Å². The van der Waals surface area contributed by atoms with E-state index in [1.807, 2.05) is 0 Å². The predicted molar refractivity (Wildman–Crippen MR) is 109 cm³/mol. The lowest BCUT2D eigenvalue weighted by Crippen LogP contribution is -2.50. The number of sulfone groups is 1. The molecule has 8 nitrogen and oxygen atoms in total. The van der Waals surface area contributed by atoms with Crippen LogP contribution in [0.2, 0.25) is 0 Å². The van der Waals surface area contributed by atoms with Crippen LogP contribution in [0.3, 0.4) is 0 Å². The number of hydrogen-bond acceptors (Lipinski definition) is 7. The molecule has 1 aliphatic heterocycles.